The van der Waals surface area contributed by atoms with Crippen LogP contribution in [0.1, 0.15) is 23.2 Å². The summed E-state index contributed by atoms with van der Waals surface area (Å²) in [6, 6.07) is 12.3. The van der Waals surface area contributed by atoms with Crippen LogP contribution in [0.25, 0.3) is 10.9 Å². The Hall–Kier alpha value is -3.81. The number of aromatic nitrogens is 1. The van der Waals surface area contributed by atoms with Gasteiger partial charge in [0.1, 0.15) is 17.2 Å². The molecule has 1 fully saturated rings. The van der Waals surface area contributed by atoms with E-state index >= 15 is 0 Å². The second-order valence-corrected chi connectivity index (χ2v) is 7.12. The van der Waals surface area contributed by atoms with Crippen LogP contribution in [0, 0.1) is 0 Å². The Balaban J connectivity index is 1.58. The average Bonchev–Trinajstić information content (AvgIpc) is 3.57. The van der Waals surface area contributed by atoms with Crippen LogP contribution in [0.3, 0.4) is 0 Å². The van der Waals surface area contributed by atoms with Gasteiger partial charge in [-0.25, -0.2) is 4.79 Å². The van der Waals surface area contributed by atoms with Crippen LogP contribution in [0.4, 0.5) is 10.5 Å². The topological polar surface area (TPSA) is 107 Å². The van der Waals surface area contributed by atoms with E-state index in [9.17, 15) is 9.59 Å². The van der Waals surface area contributed by atoms with Crippen molar-refractivity contribution in [3.05, 3.63) is 54.2 Å². The van der Waals surface area contributed by atoms with Crippen molar-refractivity contribution in [3.8, 4) is 17.2 Å². The van der Waals surface area contributed by atoms with Gasteiger partial charge in [0.15, 0.2) is 0 Å². The smallest absolute Gasteiger partial charge is 0.321 e. The molecule has 3 aromatic rings. The molecule has 1 heterocycles. The highest BCUT2D eigenvalue weighted by atomic mass is 16.5. The summed E-state index contributed by atoms with van der Waals surface area (Å²) in [4.78, 5) is 29.8. The summed E-state index contributed by atoms with van der Waals surface area (Å²) in [6.45, 7) is 0. The first kappa shape index (κ1) is 19.5. The zero-order valence-corrected chi connectivity index (χ0v) is 16.7. The molecule has 4 rings (SSSR count). The molecule has 1 aromatic heterocycles. The number of benzene rings is 2. The van der Waals surface area contributed by atoms with Gasteiger partial charge in [0.25, 0.3) is 5.91 Å². The lowest BCUT2D eigenvalue weighted by atomic mass is 10.1. The van der Waals surface area contributed by atoms with Gasteiger partial charge in [0, 0.05) is 36.4 Å². The minimum Gasteiger partial charge on any atom is -0.496 e. The average molecular weight is 406 g/mol. The van der Waals surface area contributed by atoms with E-state index in [4.69, 9.17) is 15.2 Å². The number of carbonyl (C=O) groups is 2. The summed E-state index contributed by atoms with van der Waals surface area (Å²) < 4.78 is 11.3. The molecule has 8 heteroatoms. The molecule has 0 radical (unpaired) electrons. The van der Waals surface area contributed by atoms with Gasteiger partial charge in [-0.1, -0.05) is 0 Å². The number of carbonyl (C=O) groups excluding carboxylic acids is 2. The molecule has 3 N–H and O–H groups in total. The summed E-state index contributed by atoms with van der Waals surface area (Å²) in [5.74, 6) is 0.869. The fraction of sp³-hybridized carbons (Fsp3) is 0.227. The van der Waals surface area contributed by atoms with Crippen molar-refractivity contribution in [2.24, 2.45) is 5.73 Å². The number of anilines is 1. The van der Waals surface area contributed by atoms with Crippen LogP contribution in [-0.4, -0.2) is 37.1 Å². The Morgan fingerprint density at radius 1 is 1.13 bits per heavy atom. The number of primary amides is 1. The minimum atomic E-state index is -0.597. The lowest BCUT2D eigenvalue weighted by molar-refractivity contribution is 0.0997. The number of fused-ring (bicyclic) bond motifs is 1. The van der Waals surface area contributed by atoms with Gasteiger partial charge in [-0.15, -0.1) is 0 Å². The van der Waals surface area contributed by atoms with Crippen molar-refractivity contribution >= 4 is 28.5 Å². The van der Waals surface area contributed by atoms with Gasteiger partial charge >= 0.3 is 6.03 Å². The van der Waals surface area contributed by atoms with E-state index in [1.807, 2.05) is 12.1 Å². The minimum absolute atomic E-state index is 0.126. The summed E-state index contributed by atoms with van der Waals surface area (Å²) in [6.07, 6.45) is 3.69. The van der Waals surface area contributed by atoms with Crippen LogP contribution in [0.5, 0.6) is 17.2 Å². The number of pyridine rings is 1. The third-order valence-corrected chi connectivity index (χ3v) is 4.95. The molecule has 0 spiro atoms. The number of rotatable bonds is 6. The van der Waals surface area contributed by atoms with Crippen molar-refractivity contribution in [2.75, 3.05) is 19.1 Å². The molecule has 1 saturated carbocycles. The molecule has 8 nitrogen and oxygen atoms in total. The molecule has 0 atom stereocenters. The lowest BCUT2D eigenvalue weighted by Crippen LogP contribution is -2.38. The molecule has 0 unspecified atom stereocenters. The van der Waals surface area contributed by atoms with Crippen molar-refractivity contribution in [1.29, 1.82) is 0 Å². The second kappa shape index (κ2) is 7.90. The van der Waals surface area contributed by atoms with Crippen molar-refractivity contribution in [1.82, 2.24) is 10.3 Å². The quantitative estimate of drug-likeness (QED) is 0.652. The van der Waals surface area contributed by atoms with Crippen molar-refractivity contribution in [3.63, 3.8) is 0 Å². The lowest BCUT2D eigenvalue weighted by Gasteiger charge is -2.18. The molecule has 0 bridgehead atoms. The molecule has 0 aliphatic heterocycles. The Kier molecular flexibility index (Phi) is 5.14. The maximum atomic E-state index is 12.2. The number of hydrogen-bond acceptors (Lipinski definition) is 5. The van der Waals surface area contributed by atoms with Gasteiger partial charge in [-0.2, -0.15) is 0 Å². The predicted molar refractivity (Wildman–Crippen MR) is 113 cm³/mol. The molecule has 2 aromatic carbocycles. The van der Waals surface area contributed by atoms with Gasteiger partial charge in [-0.05, 0) is 49.2 Å². The first-order valence-corrected chi connectivity index (χ1v) is 9.55. The van der Waals surface area contributed by atoms with E-state index in [2.05, 4.69) is 10.3 Å². The van der Waals surface area contributed by atoms with E-state index in [0.717, 1.165) is 18.5 Å². The molecular weight excluding hydrogens is 384 g/mol. The number of methoxy groups -OCH3 is 1. The normalized spacial score (nSPS) is 13.0. The van der Waals surface area contributed by atoms with Crippen LogP contribution in [-0.2, 0) is 0 Å². The molecule has 1 aliphatic carbocycles. The van der Waals surface area contributed by atoms with Gasteiger partial charge < -0.3 is 20.5 Å². The van der Waals surface area contributed by atoms with Crippen LogP contribution in [0.2, 0.25) is 0 Å². The fourth-order valence-electron chi connectivity index (χ4n) is 3.08. The number of nitrogens with two attached hydrogens (primary N) is 1. The van der Waals surface area contributed by atoms with E-state index in [1.165, 1.54) is 7.11 Å². The number of nitrogens with one attached hydrogen (secondary N) is 1. The third kappa shape index (κ3) is 3.98. The highest BCUT2D eigenvalue weighted by Crippen LogP contribution is 2.33. The summed E-state index contributed by atoms with van der Waals surface area (Å²) in [5, 5.41) is 3.59. The molecule has 30 heavy (non-hydrogen) atoms. The monoisotopic (exact) mass is 406 g/mol. The second-order valence-electron chi connectivity index (χ2n) is 7.12. The van der Waals surface area contributed by atoms with E-state index in [0.29, 0.717) is 34.2 Å². The maximum absolute atomic E-state index is 12.2. The standard InChI is InChI=1S/C22H22N4O4/c1-26(22(28)25-13-3-4-13)14-5-7-15(8-6-14)30-19-9-10-24-18-12-20(29-2)17(21(23)27)11-16(18)19/h5-13H,3-4H2,1-2H3,(H2,23,27)(H,25,28). The Morgan fingerprint density at radius 2 is 1.87 bits per heavy atom. The molecule has 154 valence electrons. The summed E-state index contributed by atoms with van der Waals surface area (Å²) in [5.41, 5.74) is 7.09. The Bertz CT molecular complexity index is 1110. The van der Waals surface area contributed by atoms with Crippen molar-refractivity contribution < 1.29 is 19.1 Å². The van der Waals surface area contributed by atoms with Gasteiger partial charge in [-0.3, -0.25) is 14.7 Å². The van der Waals surface area contributed by atoms with Gasteiger partial charge in [0.2, 0.25) is 0 Å². The van der Waals surface area contributed by atoms with Crippen LogP contribution >= 0.6 is 0 Å². The number of ether oxygens (including phenoxy) is 2. The molecular formula is C22H22N4O4. The first-order chi connectivity index (χ1) is 14.5. The van der Waals surface area contributed by atoms with Crippen LogP contribution in [0.15, 0.2) is 48.7 Å². The van der Waals surface area contributed by atoms with E-state index in [-0.39, 0.29) is 11.6 Å². The summed E-state index contributed by atoms with van der Waals surface area (Å²) >= 11 is 0. The number of nitrogens with zero attached hydrogens (tertiary/aromatic N) is 2. The van der Waals surface area contributed by atoms with Crippen molar-refractivity contribution in [2.45, 2.75) is 18.9 Å². The molecule has 0 saturated heterocycles. The van der Waals surface area contributed by atoms with Gasteiger partial charge in [0.05, 0.1) is 18.2 Å². The van der Waals surface area contributed by atoms with E-state index < -0.39 is 5.91 Å². The Morgan fingerprint density at radius 3 is 2.50 bits per heavy atom. The first-order valence-electron chi connectivity index (χ1n) is 9.55. The number of hydrogen-bond donors (Lipinski definition) is 2. The Labute approximate surface area is 173 Å². The molecule has 3 amide bonds. The largest absolute Gasteiger partial charge is 0.496 e. The third-order valence-electron chi connectivity index (χ3n) is 4.95. The number of amides is 3. The molecule has 1 aliphatic rings. The predicted octanol–water partition coefficient (Wildman–Crippen LogP) is 3.44. The highest BCUT2D eigenvalue weighted by Gasteiger charge is 2.25. The zero-order valence-electron chi connectivity index (χ0n) is 16.7. The zero-order chi connectivity index (χ0) is 21.3. The fourth-order valence-corrected chi connectivity index (χ4v) is 3.08. The maximum Gasteiger partial charge on any atom is 0.321 e. The summed E-state index contributed by atoms with van der Waals surface area (Å²) in [7, 11) is 3.19. The van der Waals surface area contributed by atoms with Crippen LogP contribution < -0.4 is 25.4 Å². The van der Waals surface area contributed by atoms with E-state index in [1.54, 1.807) is 48.5 Å². The highest BCUT2D eigenvalue weighted by molar-refractivity contribution is 6.01. The SMILES string of the molecule is COc1cc2nccc(Oc3ccc(N(C)C(=O)NC4CC4)cc3)c2cc1C(N)=O. The number of urea groups is 1.